The van der Waals surface area contributed by atoms with E-state index in [9.17, 15) is 8.42 Å². The van der Waals surface area contributed by atoms with Gasteiger partial charge in [0.2, 0.25) is 10.0 Å². The third-order valence-electron chi connectivity index (χ3n) is 2.82. The van der Waals surface area contributed by atoms with E-state index in [2.05, 4.69) is 0 Å². The number of sulfonamides is 1. The van der Waals surface area contributed by atoms with Crippen LogP contribution in [0.1, 0.15) is 13.8 Å². The quantitative estimate of drug-likeness (QED) is 0.753. The van der Waals surface area contributed by atoms with Gasteiger partial charge in [-0.25, -0.2) is 13.6 Å². The molecule has 0 bridgehead atoms. The predicted octanol–water partition coefficient (Wildman–Crippen LogP) is 0.777. The van der Waals surface area contributed by atoms with Crippen LogP contribution in [-0.2, 0) is 14.8 Å². The Kier molecular flexibility index (Phi) is 5.16. The number of methoxy groups -OCH3 is 1. The van der Waals surface area contributed by atoms with Crippen molar-refractivity contribution >= 4 is 21.4 Å². The monoisotopic (exact) mass is 287 g/mol. The van der Waals surface area contributed by atoms with Crippen LogP contribution < -0.4 is 15.8 Å². The van der Waals surface area contributed by atoms with E-state index in [1.54, 1.807) is 19.2 Å². The molecule has 0 saturated heterocycles. The molecule has 0 aromatic heterocycles. The van der Waals surface area contributed by atoms with Crippen molar-refractivity contribution < 1.29 is 13.2 Å². The largest absolute Gasteiger partial charge is 0.396 e. The summed E-state index contributed by atoms with van der Waals surface area (Å²) >= 11 is 0. The Morgan fingerprint density at radius 3 is 2.47 bits per heavy atom. The number of primary sulfonamides is 1. The minimum Gasteiger partial charge on any atom is -0.396 e. The van der Waals surface area contributed by atoms with Crippen LogP contribution in [-0.4, -0.2) is 34.7 Å². The first kappa shape index (κ1) is 15.7. The summed E-state index contributed by atoms with van der Waals surface area (Å²) in [5.74, 6) is 0. The number of rotatable bonds is 6. The molecular formula is C12H21N3O3S. The van der Waals surface area contributed by atoms with Crippen molar-refractivity contribution in [3.05, 3.63) is 18.2 Å². The number of hydrogen-bond donors (Lipinski definition) is 2. The van der Waals surface area contributed by atoms with Crippen molar-refractivity contribution in [3.63, 3.8) is 0 Å². The first-order valence-corrected chi connectivity index (χ1v) is 7.50. The number of nitrogens with two attached hydrogens (primary N) is 2. The molecule has 19 heavy (non-hydrogen) atoms. The first-order chi connectivity index (χ1) is 8.79. The average Bonchev–Trinajstić information content (AvgIpc) is 2.29. The Bertz CT molecular complexity index is 529. The maximum absolute atomic E-state index is 11.5. The Balaban J connectivity index is 3.25. The van der Waals surface area contributed by atoms with Crippen LogP contribution in [0.3, 0.4) is 0 Å². The Hall–Kier alpha value is -1.31. The zero-order valence-corrected chi connectivity index (χ0v) is 12.3. The highest BCUT2D eigenvalue weighted by molar-refractivity contribution is 7.89. The molecule has 0 aliphatic rings. The van der Waals surface area contributed by atoms with E-state index in [4.69, 9.17) is 15.6 Å². The molecule has 0 spiro atoms. The third-order valence-corrected chi connectivity index (χ3v) is 3.79. The van der Waals surface area contributed by atoms with Gasteiger partial charge in [0, 0.05) is 19.7 Å². The summed E-state index contributed by atoms with van der Waals surface area (Å²) in [5.41, 5.74) is 6.77. The molecule has 0 amide bonds. The maximum atomic E-state index is 11.5. The van der Waals surface area contributed by atoms with Crippen LogP contribution in [0, 0.1) is 0 Å². The zero-order chi connectivity index (χ0) is 14.6. The van der Waals surface area contributed by atoms with Crippen molar-refractivity contribution in [2.75, 3.05) is 30.9 Å². The fourth-order valence-corrected chi connectivity index (χ4v) is 2.56. The lowest BCUT2D eigenvalue weighted by Crippen LogP contribution is -2.34. The molecule has 0 aliphatic heterocycles. The van der Waals surface area contributed by atoms with Gasteiger partial charge >= 0.3 is 0 Å². The fraction of sp³-hybridized carbons (Fsp3) is 0.500. The van der Waals surface area contributed by atoms with Gasteiger partial charge in [-0.05, 0) is 26.0 Å². The van der Waals surface area contributed by atoms with Crippen molar-refractivity contribution in [1.82, 2.24) is 0 Å². The topological polar surface area (TPSA) is 98.6 Å². The minimum atomic E-state index is -3.82. The molecule has 1 aromatic rings. The average molecular weight is 287 g/mol. The van der Waals surface area contributed by atoms with Gasteiger partial charge in [0.15, 0.2) is 0 Å². The number of nitrogens with zero attached hydrogens (tertiary/aromatic N) is 1. The van der Waals surface area contributed by atoms with Crippen molar-refractivity contribution in [3.8, 4) is 0 Å². The Morgan fingerprint density at radius 2 is 2.00 bits per heavy atom. The highest BCUT2D eigenvalue weighted by Gasteiger charge is 2.19. The molecule has 0 fully saturated rings. The normalized spacial score (nSPS) is 11.8. The lowest BCUT2D eigenvalue weighted by Gasteiger charge is -2.30. The molecule has 6 nitrogen and oxygen atoms in total. The molecule has 0 saturated carbocycles. The minimum absolute atomic E-state index is 0.0481. The van der Waals surface area contributed by atoms with E-state index in [-0.39, 0.29) is 16.6 Å². The fourth-order valence-electron chi connectivity index (χ4n) is 1.88. The van der Waals surface area contributed by atoms with Gasteiger partial charge in [-0.3, -0.25) is 0 Å². The maximum Gasteiger partial charge on any atom is 0.240 e. The van der Waals surface area contributed by atoms with E-state index in [0.29, 0.717) is 18.8 Å². The van der Waals surface area contributed by atoms with E-state index in [1.807, 2.05) is 18.7 Å². The van der Waals surface area contributed by atoms with Gasteiger partial charge in [0.05, 0.1) is 18.0 Å². The van der Waals surface area contributed by atoms with Crippen molar-refractivity contribution in [1.29, 1.82) is 0 Å². The van der Waals surface area contributed by atoms with E-state index >= 15 is 0 Å². The highest BCUT2D eigenvalue weighted by atomic mass is 32.2. The van der Waals surface area contributed by atoms with Crippen LogP contribution >= 0.6 is 0 Å². The Morgan fingerprint density at radius 1 is 1.37 bits per heavy atom. The molecule has 1 aromatic carbocycles. The number of anilines is 2. The predicted molar refractivity (Wildman–Crippen MR) is 76.6 cm³/mol. The van der Waals surface area contributed by atoms with Crippen LogP contribution in [0.5, 0.6) is 0 Å². The van der Waals surface area contributed by atoms with Crippen LogP contribution in [0.25, 0.3) is 0 Å². The van der Waals surface area contributed by atoms with Gasteiger partial charge in [0.1, 0.15) is 4.90 Å². The summed E-state index contributed by atoms with van der Waals surface area (Å²) in [6.07, 6.45) is 0. The van der Waals surface area contributed by atoms with Gasteiger partial charge < -0.3 is 15.4 Å². The molecule has 0 radical (unpaired) electrons. The van der Waals surface area contributed by atoms with E-state index < -0.39 is 10.0 Å². The molecule has 0 unspecified atom stereocenters. The molecular weight excluding hydrogens is 266 g/mol. The molecule has 0 heterocycles. The molecule has 108 valence electrons. The third kappa shape index (κ3) is 3.82. The second kappa shape index (κ2) is 6.23. The number of ether oxygens (including phenoxy) is 1. The summed E-state index contributed by atoms with van der Waals surface area (Å²) in [4.78, 5) is 1.93. The summed E-state index contributed by atoms with van der Waals surface area (Å²) in [6, 6.07) is 4.98. The van der Waals surface area contributed by atoms with Crippen LogP contribution in [0.15, 0.2) is 23.1 Å². The van der Waals surface area contributed by atoms with Gasteiger partial charge in [-0.1, -0.05) is 6.07 Å². The number of para-hydroxylation sites is 1. The lowest BCUT2D eigenvalue weighted by molar-refractivity contribution is 0.204. The summed E-state index contributed by atoms with van der Waals surface area (Å²) in [5, 5.41) is 5.15. The standard InChI is InChI=1S/C12H21N3O3S/c1-9(2)15(7-8-18-3)10-5-4-6-11(12(10)13)19(14,16)17/h4-6,9H,7-8,13H2,1-3H3,(H2,14,16,17). The highest BCUT2D eigenvalue weighted by Crippen LogP contribution is 2.30. The number of hydrogen-bond acceptors (Lipinski definition) is 5. The molecule has 4 N–H and O–H groups in total. The second-order valence-electron chi connectivity index (χ2n) is 4.51. The van der Waals surface area contributed by atoms with Gasteiger partial charge in [-0.2, -0.15) is 0 Å². The summed E-state index contributed by atoms with van der Waals surface area (Å²) < 4.78 is 28.0. The zero-order valence-electron chi connectivity index (χ0n) is 11.5. The van der Waals surface area contributed by atoms with Gasteiger partial charge in [0.25, 0.3) is 0 Å². The van der Waals surface area contributed by atoms with Crippen LogP contribution in [0.2, 0.25) is 0 Å². The molecule has 1 rings (SSSR count). The number of benzene rings is 1. The van der Waals surface area contributed by atoms with Crippen molar-refractivity contribution in [2.45, 2.75) is 24.8 Å². The second-order valence-corrected chi connectivity index (χ2v) is 6.04. The van der Waals surface area contributed by atoms with E-state index in [1.165, 1.54) is 6.07 Å². The Labute approximate surface area is 114 Å². The number of nitrogen functional groups attached to an aromatic ring is 1. The summed E-state index contributed by atoms with van der Waals surface area (Å²) in [7, 11) is -2.20. The van der Waals surface area contributed by atoms with Crippen LogP contribution in [0.4, 0.5) is 11.4 Å². The molecule has 0 atom stereocenters. The molecule has 0 aliphatic carbocycles. The van der Waals surface area contributed by atoms with E-state index in [0.717, 1.165) is 0 Å². The lowest BCUT2D eigenvalue weighted by atomic mass is 10.2. The SMILES string of the molecule is COCCN(c1cccc(S(N)(=O)=O)c1N)C(C)C. The van der Waals surface area contributed by atoms with Crippen molar-refractivity contribution in [2.24, 2.45) is 5.14 Å². The molecule has 7 heteroatoms. The smallest absolute Gasteiger partial charge is 0.240 e. The summed E-state index contributed by atoms with van der Waals surface area (Å²) in [6.45, 7) is 5.14. The first-order valence-electron chi connectivity index (χ1n) is 5.96. The van der Waals surface area contributed by atoms with Gasteiger partial charge in [-0.15, -0.1) is 0 Å².